The number of methoxy groups -OCH3 is 4. The van der Waals surface area contributed by atoms with Crippen LogP contribution in [0.2, 0.25) is 0 Å². The van der Waals surface area contributed by atoms with Crippen LogP contribution in [-0.2, 0) is 16.1 Å². The molecule has 0 N–H and O–H groups in total. The van der Waals surface area contributed by atoms with E-state index in [1.165, 1.54) is 0 Å². The number of carbonyl (C=O) groups is 1. The van der Waals surface area contributed by atoms with E-state index in [0.29, 0.717) is 29.4 Å². The van der Waals surface area contributed by atoms with Crippen molar-refractivity contribution < 1.29 is 28.5 Å². The maximum atomic E-state index is 12.6. The monoisotopic (exact) mass is 474 g/mol. The second kappa shape index (κ2) is 10.1. The molecule has 1 aliphatic rings. The first-order valence-electron chi connectivity index (χ1n) is 10.2. The van der Waals surface area contributed by atoms with Gasteiger partial charge in [-0.2, -0.15) is 0 Å². The molecule has 8 nitrogen and oxygen atoms in total. The van der Waals surface area contributed by atoms with Crippen LogP contribution >= 0.6 is 12.4 Å². The minimum Gasteiger partial charge on any atom is -0.495 e. The van der Waals surface area contributed by atoms with Gasteiger partial charge in [0, 0.05) is 43.4 Å². The molecule has 0 amide bonds. The number of hydrogen-bond acceptors (Lipinski definition) is 8. The number of ether oxygens (including phenoxy) is 5. The van der Waals surface area contributed by atoms with E-state index in [4.69, 9.17) is 23.7 Å². The number of cyclic esters (lactones) is 1. The molecule has 33 heavy (non-hydrogen) atoms. The normalized spacial score (nSPS) is 12.1. The summed E-state index contributed by atoms with van der Waals surface area (Å²) in [5, 5.41) is 1.60. The van der Waals surface area contributed by atoms with Gasteiger partial charge in [0.15, 0.2) is 11.5 Å². The number of benzene rings is 2. The second-order valence-electron chi connectivity index (χ2n) is 7.41. The highest BCUT2D eigenvalue weighted by molar-refractivity contribution is 6.12. The van der Waals surface area contributed by atoms with Gasteiger partial charge in [-0.15, -0.1) is 12.4 Å². The average Bonchev–Trinajstić information content (AvgIpc) is 3.21. The van der Waals surface area contributed by atoms with Crippen LogP contribution in [0.25, 0.3) is 21.9 Å². The Morgan fingerprint density at radius 3 is 2.27 bits per heavy atom. The van der Waals surface area contributed by atoms with Gasteiger partial charge < -0.3 is 28.6 Å². The molecule has 0 radical (unpaired) electrons. The molecule has 0 fully saturated rings. The maximum Gasteiger partial charge on any atom is 0.342 e. The number of aromatic nitrogens is 1. The van der Waals surface area contributed by atoms with Crippen molar-refractivity contribution in [3.05, 3.63) is 41.6 Å². The highest BCUT2D eigenvalue weighted by Crippen LogP contribution is 2.47. The van der Waals surface area contributed by atoms with E-state index in [1.54, 1.807) is 34.6 Å². The lowest BCUT2D eigenvalue weighted by molar-refractivity contribution is 0.0533. The van der Waals surface area contributed by atoms with Gasteiger partial charge in [-0.25, -0.2) is 9.78 Å². The summed E-state index contributed by atoms with van der Waals surface area (Å²) in [6.45, 7) is 1.50. The Balaban J connectivity index is 0.00000306. The molecular formula is C24H27ClN2O6. The quantitative estimate of drug-likeness (QED) is 0.451. The van der Waals surface area contributed by atoms with Crippen LogP contribution in [0.3, 0.4) is 0 Å². The molecule has 0 atom stereocenters. The molecule has 0 unspecified atom stereocenters. The van der Waals surface area contributed by atoms with Crippen molar-refractivity contribution in [2.24, 2.45) is 0 Å². The number of likely N-dealkylation sites (N-methyl/N-ethyl adjacent to an activating group) is 1. The van der Waals surface area contributed by atoms with E-state index in [2.05, 4.69) is 4.98 Å². The third kappa shape index (κ3) is 4.24. The fourth-order valence-electron chi connectivity index (χ4n) is 4.05. The molecule has 0 spiro atoms. The lowest BCUT2D eigenvalue weighted by Crippen LogP contribution is -2.22. The first kappa shape index (κ1) is 24.4. The highest BCUT2D eigenvalue weighted by atomic mass is 35.5. The van der Waals surface area contributed by atoms with Crippen molar-refractivity contribution in [1.29, 1.82) is 0 Å². The SMILES string of the molecule is COCCN(C)c1ccc(-c2c3c(c(OC)c4cc(OC)c(OC)cc24)C(=O)OC3)cn1.Cl. The van der Waals surface area contributed by atoms with Crippen LogP contribution in [0.5, 0.6) is 17.2 Å². The largest absolute Gasteiger partial charge is 0.495 e. The molecule has 0 aliphatic carbocycles. The molecular weight excluding hydrogens is 448 g/mol. The molecule has 4 rings (SSSR count). The van der Waals surface area contributed by atoms with E-state index in [9.17, 15) is 4.79 Å². The number of rotatable bonds is 8. The summed E-state index contributed by atoms with van der Waals surface area (Å²) < 4.78 is 27.2. The Morgan fingerprint density at radius 2 is 1.70 bits per heavy atom. The van der Waals surface area contributed by atoms with Crippen LogP contribution in [0.15, 0.2) is 30.5 Å². The van der Waals surface area contributed by atoms with Crippen LogP contribution in [0.4, 0.5) is 5.82 Å². The summed E-state index contributed by atoms with van der Waals surface area (Å²) in [6, 6.07) is 7.66. The zero-order valence-electron chi connectivity index (χ0n) is 19.3. The minimum absolute atomic E-state index is 0. The molecule has 1 aliphatic heterocycles. The van der Waals surface area contributed by atoms with Gasteiger partial charge in [-0.1, -0.05) is 0 Å². The highest BCUT2D eigenvalue weighted by Gasteiger charge is 2.32. The summed E-state index contributed by atoms with van der Waals surface area (Å²) in [6.07, 6.45) is 1.81. The number of halogens is 1. The predicted molar refractivity (Wildman–Crippen MR) is 128 cm³/mol. The Bertz CT molecular complexity index is 1170. The molecule has 2 heterocycles. The van der Waals surface area contributed by atoms with Gasteiger partial charge in [0.2, 0.25) is 0 Å². The fourth-order valence-corrected chi connectivity index (χ4v) is 4.05. The summed E-state index contributed by atoms with van der Waals surface area (Å²) in [7, 11) is 8.34. The van der Waals surface area contributed by atoms with Crippen LogP contribution in [-0.4, -0.2) is 59.6 Å². The van der Waals surface area contributed by atoms with Gasteiger partial charge in [0.25, 0.3) is 0 Å². The van der Waals surface area contributed by atoms with Crippen molar-refractivity contribution in [3.63, 3.8) is 0 Å². The minimum atomic E-state index is -0.404. The summed E-state index contributed by atoms with van der Waals surface area (Å²) in [5.74, 6) is 2.01. The number of esters is 1. The van der Waals surface area contributed by atoms with E-state index in [-0.39, 0.29) is 19.0 Å². The predicted octanol–water partition coefficient (Wildman–Crippen LogP) is 4.10. The lowest BCUT2D eigenvalue weighted by atomic mass is 9.90. The van der Waals surface area contributed by atoms with Crippen LogP contribution in [0.1, 0.15) is 15.9 Å². The van der Waals surface area contributed by atoms with Crippen molar-refractivity contribution >= 4 is 35.0 Å². The first-order chi connectivity index (χ1) is 15.5. The zero-order chi connectivity index (χ0) is 22.8. The smallest absolute Gasteiger partial charge is 0.342 e. The number of pyridine rings is 1. The van der Waals surface area contributed by atoms with Gasteiger partial charge in [0.05, 0.1) is 27.9 Å². The van der Waals surface area contributed by atoms with Crippen molar-refractivity contribution in [1.82, 2.24) is 4.98 Å². The summed E-state index contributed by atoms with van der Waals surface area (Å²) in [4.78, 5) is 19.3. The van der Waals surface area contributed by atoms with Gasteiger partial charge in [-0.3, -0.25) is 0 Å². The molecule has 2 aromatic carbocycles. The standard InChI is InChI=1S/C24H26N2O6.ClH/c1-26(8-9-28-2)20-7-6-14(12-25-20)21-15-10-18(29-3)19(30-4)11-16(15)23(31-5)22-17(21)13-32-24(22)27;/h6-7,10-12H,8-9,13H2,1-5H3;1H. The van der Waals surface area contributed by atoms with Crippen LogP contribution in [0, 0.1) is 0 Å². The molecule has 0 saturated carbocycles. The Kier molecular flexibility index (Phi) is 7.50. The third-order valence-electron chi connectivity index (χ3n) is 5.68. The molecule has 1 aromatic heterocycles. The van der Waals surface area contributed by atoms with E-state index >= 15 is 0 Å². The molecule has 3 aromatic rings. The van der Waals surface area contributed by atoms with E-state index in [0.717, 1.165) is 39.8 Å². The summed E-state index contributed by atoms with van der Waals surface area (Å²) >= 11 is 0. The van der Waals surface area contributed by atoms with E-state index in [1.807, 2.05) is 36.2 Å². The Hall–Kier alpha value is -3.23. The summed E-state index contributed by atoms with van der Waals surface area (Å²) in [5.41, 5.74) is 2.93. The average molecular weight is 475 g/mol. The van der Waals surface area contributed by atoms with Crippen molar-refractivity contribution in [2.75, 3.05) is 53.5 Å². The van der Waals surface area contributed by atoms with Crippen LogP contribution < -0.4 is 19.1 Å². The maximum absolute atomic E-state index is 12.6. The fraction of sp³-hybridized carbons (Fsp3) is 0.333. The number of nitrogens with zero attached hydrogens (tertiary/aromatic N) is 2. The molecule has 0 saturated heterocycles. The Labute approximate surface area is 198 Å². The van der Waals surface area contributed by atoms with Gasteiger partial charge in [-0.05, 0) is 35.2 Å². The first-order valence-corrected chi connectivity index (χ1v) is 10.2. The van der Waals surface area contributed by atoms with Crippen molar-refractivity contribution in [3.8, 4) is 28.4 Å². The van der Waals surface area contributed by atoms with Gasteiger partial charge in [0.1, 0.15) is 23.7 Å². The number of anilines is 1. The topological polar surface area (TPSA) is 79.4 Å². The number of fused-ring (bicyclic) bond motifs is 2. The number of hydrogen-bond donors (Lipinski definition) is 0. The molecule has 0 bridgehead atoms. The molecule has 9 heteroatoms. The second-order valence-corrected chi connectivity index (χ2v) is 7.41. The number of carbonyl (C=O) groups excluding carboxylic acids is 1. The lowest BCUT2D eigenvalue weighted by Gasteiger charge is -2.20. The molecule has 176 valence electrons. The third-order valence-corrected chi connectivity index (χ3v) is 5.68. The van der Waals surface area contributed by atoms with Crippen molar-refractivity contribution in [2.45, 2.75) is 6.61 Å². The van der Waals surface area contributed by atoms with Gasteiger partial charge >= 0.3 is 5.97 Å². The van der Waals surface area contributed by atoms with E-state index < -0.39 is 5.97 Å². The Morgan fingerprint density at radius 1 is 1.00 bits per heavy atom. The zero-order valence-corrected chi connectivity index (χ0v) is 20.1.